The van der Waals surface area contributed by atoms with Gasteiger partial charge in [-0.3, -0.25) is 14.2 Å². The van der Waals surface area contributed by atoms with Crippen molar-refractivity contribution in [2.24, 2.45) is 0 Å². The number of rotatable bonds is 64. The highest BCUT2D eigenvalue weighted by atomic mass is 31.2. The second-order valence-electron chi connectivity index (χ2n) is 25.0. The topological polar surface area (TPSA) is 114 Å². The Labute approximate surface area is 537 Å². The van der Waals surface area contributed by atoms with Gasteiger partial charge in [-0.1, -0.05) is 290 Å². The Morgan fingerprint density at radius 2 is 0.736 bits per heavy atom. The zero-order valence-electron chi connectivity index (χ0n) is 57.2. The van der Waals surface area contributed by atoms with Crippen LogP contribution >= 0.6 is 7.82 Å². The van der Waals surface area contributed by atoms with Crippen LogP contribution in [-0.2, 0) is 27.9 Å². The van der Waals surface area contributed by atoms with Crippen LogP contribution in [0.3, 0.4) is 0 Å². The zero-order chi connectivity index (χ0) is 63.5. The molecular formula is C77H135N2O7P. The van der Waals surface area contributed by atoms with Crippen molar-refractivity contribution in [3.63, 3.8) is 0 Å². The number of quaternary nitrogens is 1. The van der Waals surface area contributed by atoms with Crippen molar-refractivity contribution < 1.29 is 37.3 Å². The van der Waals surface area contributed by atoms with Crippen LogP contribution in [0.15, 0.2) is 122 Å². The van der Waals surface area contributed by atoms with E-state index in [2.05, 4.69) is 135 Å². The average Bonchev–Trinajstić information content (AvgIpc) is 3.70. The normalized spacial score (nSPS) is 14.2. The van der Waals surface area contributed by atoms with E-state index in [4.69, 9.17) is 13.8 Å². The molecule has 9 nitrogen and oxygen atoms in total. The van der Waals surface area contributed by atoms with Crippen molar-refractivity contribution in [2.75, 3.05) is 40.9 Å². The van der Waals surface area contributed by atoms with Gasteiger partial charge in [-0.05, 0) is 122 Å². The first kappa shape index (κ1) is 83.4. The number of allylic oxidation sites excluding steroid dienone is 19. The molecule has 0 aromatic rings. The Morgan fingerprint density at radius 1 is 0.414 bits per heavy atom. The Morgan fingerprint density at radius 3 is 1.14 bits per heavy atom. The van der Waals surface area contributed by atoms with Crippen LogP contribution in [0, 0.1) is 0 Å². The first-order valence-electron chi connectivity index (χ1n) is 35.8. The molecule has 1 amide bonds. The van der Waals surface area contributed by atoms with E-state index in [1.165, 1.54) is 154 Å². The summed E-state index contributed by atoms with van der Waals surface area (Å²) >= 11 is 0. The maximum atomic E-state index is 13.6. The predicted molar refractivity (Wildman–Crippen MR) is 376 cm³/mol. The maximum Gasteiger partial charge on any atom is 0.306 e. The first-order chi connectivity index (χ1) is 42.4. The van der Waals surface area contributed by atoms with E-state index in [0.717, 1.165) is 109 Å². The number of hydrogen-bond acceptors (Lipinski definition) is 7. The summed E-state index contributed by atoms with van der Waals surface area (Å²) in [6, 6.07) is -0.916. The number of likely N-dealkylation sites (N-methyl/N-ethyl adjacent to an activating group) is 1. The Hall–Kier alpha value is -3.59. The summed E-state index contributed by atoms with van der Waals surface area (Å²) < 4.78 is 30.4. The number of esters is 1. The highest BCUT2D eigenvalue weighted by molar-refractivity contribution is 7.45. The standard InChI is InChI=1S/C77H135N2O7P/c1-7-10-13-16-19-22-25-28-30-32-34-36-37-38-39-40-41-43-44-46-48-51-54-57-60-63-66-69-76(80)78-74(73-85-87(82,83)84-72-71-79(4,5)6)75(68-65-62-59-56-53-50-27-24-21-18-15-12-9-3)86-77(81)70-67-64-61-58-55-52-49-47-45-42-35-33-31-29-26-23-20-17-14-11-8-2/h11,14,19-20,22-23,28-31,34-36,42,47,49,55,58,65,68,74-75H,7-10,12-13,15-18,21,24-27,32-33,37-41,43-46,48,50-54,56-57,59-64,66-67,69-73H2,1-6H3,(H-,78,80,82,83)/b14-11-,22-19-,23-20-,30-28-,31-29-,36-34-,42-35-,49-47-,58-55-,68-65-. The molecule has 0 aliphatic carbocycles. The Bertz CT molecular complexity index is 1900. The van der Waals surface area contributed by atoms with Gasteiger partial charge >= 0.3 is 5.97 Å². The van der Waals surface area contributed by atoms with E-state index >= 15 is 0 Å². The maximum absolute atomic E-state index is 13.6. The van der Waals surface area contributed by atoms with Crippen LogP contribution in [-0.4, -0.2) is 69.4 Å². The van der Waals surface area contributed by atoms with Gasteiger partial charge in [0.25, 0.3) is 7.82 Å². The van der Waals surface area contributed by atoms with Gasteiger partial charge in [0.2, 0.25) is 5.91 Å². The number of nitrogens with zero attached hydrogens (tertiary/aromatic N) is 1. The lowest BCUT2D eigenvalue weighted by Gasteiger charge is -2.30. The molecular weight excluding hydrogens is 1100 g/mol. The summed E-state index contributed by atoms with van der Waals surface area (Å²) in [5.74, 6) is -0.592. The number of phosphoric ester groups is 1. The summed E-state index contributed by atoms with van der Waals surface area (Å²) in [5, 5.41) is 3.03. The molecule has 0 fully saturated rings. The molecule has 0 radical (unpaired) electrons. The number of ether oxygens (including phenoxy) is 1. The molecule has 0 aromatic heterocycles. The highest BCUT2D eigenvalue weighted by Crippen LogP contribution is 2.38. The van der Waals surface area contributed by atoms with E-state index in [9.17, 15) is 19.0 Å². The third-order valence-corrected chi connectivity index (χ3v) is 16.3. The van der Waals surface area contributed by atoms with Crippen molar-refractivity contribution in [3.8, 4) is 0 Å². The minimum absolute atomic E-state index is 0.0348. The lowest BCUT2D eigenvalue weighted by atomic mass is 10.0. The molecule has 10 heteroatoms. The van der Waals surface area contributed by atoms with Crippen LogP contribution in [0.1, 0.15) is 303 Å². The molecule has 0 heterocycles. The molecule has 0 saturated heterocycles. The van der Waals surface area contributed by atoms with Gasteiger partial charge in [-0.15, -0.1) is 0 Å². The van der Waals surface area contributed by atoms with Crippen molar-refractivity contribution in [1.82, 2.24) is 5.32 Å². The van der Waals surface area contributed by atoms with E-state index in [1.807, 2.05) is 33.3 Å². The largest absolute Gasteiger partial charge is 0.756 e. The number of hydrogen-bond donors (Lipinski definition) is 1. The van der Waals surface area contributed by atoms with Gasteiger partial charge in [-0.25, -0.2) is 0 Å². The number of carbonyl (C=O) groups is 2. The molecule has 0 saturated carbocycles. The minimum atomic E-state index is -4.72. The average molecular weight is 1230 g/mol. The number of nitrogens with one attached hydrogen (secondary N) is 1. The fraction of sp³-hybridized carbons (Fsp3) is 0.714. The van der Waals surface area contributed by atoms with Crippen LogP contribution in [0.5, 0.6) is 0 Å². The summed E-state index contributed by atoms with van der Waals surface area (Å²) in [6.07, 6.45) is 91.8. The second kappa shape index (κ2) is 65.4. The molecule has 0 aromatic carbocycles. The van der Waals surface area contributed by atoms with Crippen molar-refractivity contribution >= 4 is 19.7 Å². The summed E-state index contributed by atoms with van der Waals surface area (Å²) in [5.41, 5.74) is 0. The molecule has 3 unspecified atom stereocenters. The van der Waals surface area contributed by atoms with Gasteiger partial charge in [0.15, 0.2) is 0 Å². The van der Waals surface area contributed by atoms with Gasteiger partial charge in [0, 0.05) is 12.8 Å². The zero-order valence-corrected chi connectivity index (χ0v) is 58.1. The van der Waals surface area contributed by atoms with Gasteiger partial charge in [0.1, 0.15) is 19.3 Å². The smallest absolute Gasteiger partial charge is 0.306 e. The number of amides is 1. The third-order valence-electron chi connectivity index (χ3n) is 15.4. The van der Waals surface area contributed by atoms with Crippen LogP contribution in [0.25, 0.3) is 0 Å². The molecule has 1 N–H and O–H groups in total. The molecule has 87 heavy (non-hydrogen) atoms. The van der Waals surface area contributed by atoms with Crippen LogP contribution in [0.4, 0.5) is 0 Å². The Kier molecular flexibility index (Phi) is 62.7. The third kappa shape index (κ3) is 66.7. The fourth-order valence-corrected chi connectivity index (χ4v) is 10.6. The first-order valence-corrected chi connectivity index (χ1v) is 37.3. The monoisotopic (exact) mass is 1230 g/mol. The minimum Gasteiger partial charge on any atom is -0.756 e. The molecule has 0 aliphatic rings. The number of phosphoric acid groups is 1. The molecule has 0 aliphatic heterocycles. The molecule has 0 spiro atoms. The highest BCUT2D eigenvalue weighted by Gasteiger charge is 2.27. The van der Waals surface area contributed by atoms with Gasteiger partial charge in [-0.2, -0.15) is 0 Å². The second-order valence-corrected chi connectivity index (χ2v) is 26.4. The van der Waals surface area contributed by atoms with Gasteiger partial charge in [0.05, 0.1) is 33.8 Å². The van der Waals surface area contributed by atoms with Crippen molar-refractivity contribution in [3.05, 3.63) is 122 Å². The lowest BCUT2D eigenvalue weighted by Crippen LogP contribution is -2.47. The molecule has 0 bridgehead atoms. The molecule has 0 rings (SSSR count). The van der Waals surface area contributed by atoms with Gasteiger partial charge < -0.3 is 28.5 Å². The summed E-state index contributed by atoms with van der Waals surface area (Å²) in [7, 11) is 1.15. The van der Waals surface area contributed by atoms with Crippen LogP contribution in [0.2, 0.25) is 0 Å². The number of unbranched alkanes of at least 4 members (excludes halogenated alkanes) is 30. The van der Waals surface area contributed by atoms with E-state index in [1.54, 1.807) is 0 Å². The Balaban J connectivity index is 5.15. The van der Waals surface area contributed by atoms with E-state index in [-0.39, 0.29) is 24.9 Å². The number of carbonyl (C=O) groups excluding carboxylic acids is 2. The lowest BCUT2D eigenvalue weighted by molar-refractivity contribution is -0.870. The van der Waals surface area contributed by atoms with E-state index in [0.29, 0.717) is 23.9 Å². The SMILES string of the molecule is CC/C=C\C/C=C\C/C=C\C/C=C\C/C=C\C/C=C\CCCCC(=O)OC(/C=C\CCCCCCCCCCCCC)C(COP(=O)([O-])OCC[N+](C)(C)C)NC(=O)CCCCCCCCCCCCCCCC/C=C\C/C=C\C/C=C\CCCCC. The van der Waals surface area contributed by atoms with Crippen LogP contribution < -0.4 is 10.2 Å². The van der Waals surface area contributed by atoms with Crippen molar-refractivity contribution in [1.29, 1.82) is 0 Å². The quantitative estimate of drug-likeness (QED) is 0.0212. The fourth-order valence-electron chi connectivity index (χ4n) is 9.89. The molecule has 3 atom stereocenters. The van der Waals surface area contributed by atoms with E-state index < -0.39 is 26.6 Å². The summed E-state index contributed by atoms with van der Waals surface area (Å²) in [4.78, 5) is 40.2. The van der Waals surface area contributed by atoms with Crippen molar-refractivity contribution in [2.45, 2.75) is 315 Å². The summed E-state index contributed by atoms with van der Waals surface area (Å²) in [6.45, 7) is 6.69. The predicted octanol–water partition coefficient (Wildman–Crippen LogP) is 22.4. The molecule has 500 valence electrons.